The quantitative estimate of drug-likeness (QED) is 0.862. The normalized spacial score (nSPS) is 22.9. The van der Waals surface area contributed by atoms with E-state index in [1.165, 1.54) is 12.1 Å². The van der Waals surface area contributed by atoms with E-state index < -0.39 is 16.1 Å². The molecule has 4 rings (SSSR count). The third-order valence-electron chi connectivity index (χ3n) is 5.09. The van der Waals surface area contributed by atoms with Gasteiger partial charge in [-0.1, -0.05) is 18.5 Å². The van der Waals surface area contributed by atoms with Crippen LogP contribution in [0.1, 0.15) is 30.6 Å². The third-order valence-corrected chi connectivity index (χ3v) is 7.31. The lowest BCUT2D eigenvalue weighted by Gasteiger charge is -2.48. The molecule has 1 amide bonds. The van der Waals surface area contributed by atoms with Gasteiger partial charge in [0.25, 0.3) is 0 Å². The Labute approximate surface area is 157 Å². The fraction of sp³-hybridized carbons (Fsp3) is 0.412. The summed E-state index contributed by atoms with van der Waals surface area (Å²) < 4.78 is 28.2. The van der Waals surface area contributed by atoms with E-state index in [9.17, 15) is 13.2 Å². The Hall–Kier alpha value is -1.90. The highest BCUT2D eigenvalue weighted by Gasteiger charge is 2.48. The van der Waals surface area contributed by atoms with Crippen molar-refractivity contribution in [2.45, 2.75) is 36.7 Å². The van der Waals surface area contributed by atoms with Crippen molar-refractivity contribution in [2.24, 2.45) is 0 Å². The summed E-state index contributed by atoms with van der Waals surface area (Å²) in [5.74, 6) is 0.0375. The Bertz CT molecular complexity index is 941. The van der Waals surface area contributed by atoms with Gasteiger partial charge < -0.3 is 4.90 Å². The number of hydrogen-bond donors (Lipinski definition) is 1. The van der Waals surface area contributed by atoms with E-state index in [0.29, 0.717) is 31.0 Å². The molecule has 0 spiro atoms. The summed E-state index contributed by atoms with van der Waals surface area (Å²) in [6.07, 6.45) is 2.58. The van der Waals surface area contributed by atoms with Gasteiger partial charge in [0.05, 0.1) is 17.1 Å². The van der Waals surface area contributed by atoms with Crippen LogP contribution in [0, 0.1) is 0 Å². The van der Waals surface area contributed by atoms with Crippen LogP contribution in [-0.2, 0) is 21.2 Å². The maximum absolute atomic E-state index is 13.3. The number of halogens is 1. The van der Waals surface area contributed by atoms with E-state index in [0.717, 1.165) is 11.3 Å². The summed E-state index contributed by atoms with van der Waals surface area (Å²) in [5, 5.41) is 7.54. The Morgan fingerprint density at radius 2 is 2.04 bits per heavy atom. The lowest BCUT2D eigenvalue weighted by atomic mass is 9.92. The van der Waals surface area contributed by atoms with Gasteiger partial charge in [-0.25, -0.2) is 8.42 Å². The fourth-order valence-corrected chi connectivity index (χ4v) is 5.77. The Morgan fingerprint density at radius 3 is 2.73 bits per heavy atom. The van der Waals surface area contributed by atoms with E-state index in [1.54, 1.807) is 27.5 Å². The molecule has 0 aliphatic carbocycles. The van der Waals surface area contributed by atoms with Crippen LogP contribution in [0.2, 0.25) is 5.02 Å². The molecule has 1 saturated heterocycles. The van der Waals surface area contributed by atoms with E-state index in [2.05, 4.69) is 10.2 Å². The van der Waals surface area contributed by atoms with Crippen LogP contribution >= 0.6 is 11.6 Å². The predicted molar refractivity (Wildman–Crippen MR) is 96.2 cm³/mol. The highest BCUT2D eigenvalue weighted by atomic mass is 35.5. The zero-order valence-corrected chi connectivity index (χ0v) is 15.8. The van der Waals surface area contributed by atoms with Crippen LogP contribution in [0.5, 0.6) is 0 Å². The number of amides is 1. The summed E-state index contributed by atoms with van der Waals surface area (Å²) in [6, 6.07) is 5.43. The van der Waals surface area contributed by atoms with Crippen LogP contribution < -0.4 is 0 Å². The number of aromatic nitrogens is 2. The van der Waals surface area contributed by atoms with Crippen LogP contribution in [0.4, 0.5) is 0 Å². The number of carbonyl (C=O) groups is 1. The first-order valence-corrected chi connectivity index (χ1v) is 10.3. The van der Waals surface area contributed by atoms with Gasteiger partial charge in [0.1, 0.15) is 0 Å². The lowest BCUT2D eigenvalue weighted by molar-refractivity contribution is -0.134. The Balaban J connectivity index is 1.77. The molecule has 1 fully saturated rings. The van der Waals surface area contributed by atoms with E-state index in [-0.39, 0.29) is 16.8 Å². The maximum atomic E-state index is 13.3. The number of piperazine rings is 1. The molecule has 2 atom stereocenters. The smallest absolute Gasteiger partial charge is 0.244 e. The minimum absolute atomic E-state index is 0.0375. The highest BCUT2D eigenvalue weighted by molar-refractivity contribution is 7.89. The average molecular weight is 395 g/mol. The molecule has 1 aromatic heterocycles. The van der Waals surface area contributed by atoms with Crippen LogP contribution in [0.25, 0.3) is 0 Å². The van der Waals surface area contributed by atoms with Crippen molar-refractivity contribution in [2.75, 3.05) is 13.1 Å². The maximum Gasteiger partial charge on any atom is 0.244 e. The minimum Gasteiger partial charge on any atom is -0.339 e. The number of rotatable bonds is 3. The van der Waals surface area contributed by atoms with Gasteiger partial charge in [0.15, 0.2) is 0 Å². The zero-order chi connectivity index (χ0) is 18.5. The molecule has 2 bridgehead atoms. The molecular weight excluding hydrogens is 376 g/mol. The fourth-order valence-electron chi connectivity index (χ4n) is 3.87. The van der Waals surface area contributed by atoms with Crippen molar-refractivity contribution in [3.05, 3.63) is 46.7 Å². The zero-order valence-electron chi connectivity index (χ0n) is 14.2. The van der Waals surface area contributed by atoms with E-state index in [1.807, 2.05) is 6.92 Å². The molecule has 9 heteroatoms. The molecular formula is C17H19ClN4O3S. The summed E-state index contributed by atoms with van der Waals surface area (Å²) in [6.45, 7) is 2.54. The standard InChI is InChI=1S/C17H19ClN4O3S/c1-2-17(23)21-9-12-7-15-14(8-19-20-15)16(10-21)22(12)26(24,25)13-5-3-11(18)4-6-13/h3-6,8,12,16H,2,7,9-10H2,1H3,(H,19,20). The van der Waals surface area contributed by atoms with Gasteiger partial charge in [-0.15, -0.1) is 0 Å². The Morgan fingerprint density at radius 1 is 1.31 bits per heavy atom. The van der Waals surface area contributed by atoms with Gasteiger partial charge in [-0.3, -0.25) is 9.89 Å². The number of hydrogen-bond acceptors (Lipinski definition) is 4. The summed E-state index contributed by atoms with van der Waals surface area (Å²) in [7, 11) is -3.72. The van der Waals surface area contributed by atoms with Crippen molar-refractivity contribution in [1.29, 1.82) is 0 Å². The molecule has 1 aromatic carbocycles. The number of sulfonamides is 1. The van der Waals surface area contributed by atoms with Crippen LogP contribution in [-0.4, -0.2) is 52.9 Å². The molecule has 0 saturated carbocycles. The molecule has 26 heavy (non-hydrogen) atoms. The van der Waals surface area contributed by atoms with Gasteiger partial charge in [-0.05, 0) is 24.3 Å². The van der Waals surface area contributed by atoms with Crippen molar-refractivity contribution >= 4 is 27.5 Å². The van der Waals surface area contributed by atoms with Crippen molar-refractivity contribution in [1.82, 2.24) is 19.4 Å². The van der Waals surface area contributed by atoms with Gasteiger partial charge in [0.2, 0.25) is 15.9 Å². The summed E-state index contributed by atoms with van der Waals surface area (Å²) in [4.78, 5) is 14.2. The molecule has 0 radical (unpaired) electrons. The second-order valence-corrected chi connectivity index (χ2v) is 8.90. The van der Waals surface area contributed by atoms with E-state index >= 15 is 0 Å². The average Bonchev–Trinajstić information content (AvgIpc) is 3.08. The second-order valence-electron chi connectivity index (χ2n) is 6.62. The second kappa shape index (κ2) is 6.37. The number of benzene rings is 1. The molecule has 7 nitrogen and oxygen atoms in total. The number of carbonyl (C=O) groups excluding carboxylic acids is 1. The number of nitrogens with one attached hydrogen (secondary N) is 1. The van der Waals surface area contributed by atoms with Crippen molar-refractivity contribution < 1.29 is 13.2 Å². The molecule has 2 aliphatic rings. The van der Waals surface area contributed by atoms with Crippen LogP contribution in [0.3, 0.4) is 0 Å². The van der Waals surface area contributed by atoms with E-state index in [4.69, 9.17) is 11.6 Å². The molecule has 2 aliphatic heterocycles. The van der Waals surface area contributed by atoms with Gasteiger partial charge >= 0.3 is 0 Å². The first-order valence-electron chi connectivity index (χ1n) is 8.51. The predicted octanol–water partition coefficient (Wildman–Crippen LogP) is 1.97. The number of aromatic amines is 1. The third kappa shape index (κ3) is 2.72. The minimum atomic E-state index is -3.72. The summed E-state index contributed by atoms with van der Waals surface area (Å²) in [5.41, 5.74) is 1.79. The molecule has 2 aromatic rings. The Kier molecular flexibility index (Phi) is 4.29. The molecule has 2 unspecified atom stereocenters. The molecule has 138 valence electrons. The van der Waals surface area contributed by atoms with Crippen LogP contribution in [0.15, 0.2) is 35.4 Å². The number of nitrogens with zero attached hydrogens (tertiary/aromatic N) is 3. The highest BCUT2D eigenvalue weighted by Crippen LogP contribution is 2.40. The van der Waals surface area contributed by atoms with Gasteiger partial charge in [0, 0.05) is 48.3 Å². The van der Waals surface area contributed by atoms with Gasteiger partial charge in [-0.2, -0.15) is 9.40 Å². The monoisotopic (exact) mass is 394 g/mol. The largest absolute Gasteiger partial charge is 0.339 e. The number of H-pyrrole nitrogens is 1. The first kappa shape index (κ1) is 17.5. The number of fused-ring (bicyclic) bond motifs is 4. The van der Waals surface area contributed by atoms with Crippen molar-refractivity contribution in [3.63, 3.8) is 0 Å². The lowest BCUT2D eigenvalue weighted by Crippen LogP contribution is -2.60. The topological polar surface area (TPSA) is 86.4 Å². The first-order chi connectivity index (χ1) is 12.4. The summed E-state index contributed by atoms with van der Waals surface area (Å²) >= 11 is 5.90. The van der Waals surface area contributed by atoms with Crippen molar-refractivity contribution in [3.8, 4) is 0 Å². The SMILES string of the molecule is CCC(=O)N1CC2Cc3[nH]ncc3C(C1)N2S(=O)(=O)c1ccc(Cl)cc1. The molecule has 1 N–H and O–H groups in total. The molecule has 3 heterocycles.